The van der Waals surface area contributed by atoms with Crippen molar-refractivity contribution in [3.63, 3.8) is 0 Å². The van der Waals surface area contributed by atoms with Crippen LogP contribution in [0.15, 0.2) is 12.4 Å². The van der Waals surface area contributed by atoms with Gasteiger partial charge >= 0.3 is 0 Å². The van der Waals surface area contributed by atoms with Crippen molar-refractivity contribution in [2.75, 3.05) is 0 Å². The number of hydrogen-bond donors (Lipinski definition) is 0. The highest BCUT2D eigenvalue weighted by molar-refractivity contribution is 4.84. The van der Waals surface area contributed by atoms with Crippen molar-refractivity contribution in [1.82, 2.24) is 4.57 Å². The highest BCUT2D eigenvalue weighted by Gasteiger charge is 2.15. The maximum absolute atomic E-state index is 2.53. The zero-order valence-electron chi connectivity index (χ0n) is 14.7. The van der Waals surface area contributed by atoms with Crippen LogP contribution in [-0.2, 0) is 19.5 Å². The minimum atomic E-state index is 1.20. The van der Waals surface area contributed by atoms with Crippen LogP contribution < -0.4 is 4.57 Å². The fraction of sp³-hybridized carbons (Fsp3) is 0.842. The first kappa shape index (κ1) is 18.3. The molecule has 0 saturated heterocycles. The van der Waals surface area contributed by atoms with Gasteiger partial charge in [-0.15, -0.1) is 0 Å². The second-order valence-electron chi connectivity index (χ2n) is 6.33. The predicted molar refractivity (Wildman–Crippen MR) is 91.5 cm³/mol. The lowest BCUT2D eigenvalue weighted by Gasteiger charge is -2.05. The molecule has 1 aromatic rings. The van der Waals surface area contributed by atoms with Crippen molar-refractivity contribution in [2.45, 2.75) is 104 Å². The van der Waals surface area contributed by atoms with Crippen molar-refractivity contribution >= 4 is 0 Å². The van der Waals surface area contributed by atoms with Gasteiger partial charge in [-0.05, 0) is 25.7 Å². The molecule has 21 heavy (non-hydrogen) atoms. The van der Waals surface area contributed by atoms with E-state index in [1.54, 1.807) is 5.82 Å². The van der Waals surface area contributed by atoms with Crippen LogP contribution in [-0.4, -0.2) is 4.57 Å². The third-order valence-corrected chi connectivity index (χ3v) is 4.35. The van der Waals surface area contributed by atoms with E-state index >= 15 is 0 Å². The molecule has 0 spiro atoms. The molecule has 0 aromatic carbocycles. The normalized spacial score (nSPS) is 11.2. The Hall–Kier alpha value is -0.790. The number of rotatable bonds is 13. The molecular weight excluding hydrogens is 256 g/mol. The maximum Gasteiger partial charge on any atom is 0.256 e. The van der Waals surface area contributed by atoms with Gasteiger partial charge in [0.1, 0.15) is 12.4 Å². The molecule has 1 aromatic heterocycles. The van der Waals surface area contributed by atoms with Crippen molar-refractivity contribution in [1.29, 1.82) is 0 Å². The number of hydrogen-bond acceptors (Lipinski definition) is 0. The lowest BCUT2D eigenvalue weighted by Crippen LogP contribution is -2.37. The van der Waals surface area contributed by atoms with E-state index in [0.717, 1.165) is 0 Å². The molecule has 0 bridgehead atoms. The Kier molecular flexibility index (Phi) is 10.3. The molecule has 1 heterocycles. The summed E-state index contributed by atoms with van der Waals surface area (Å²) in [5, 5.41) is 0. The molecule has 0 radical (unpaired) electrons. The van der Waals surface area contributed by atoms with Crippen LogP contribution in [0.25, 0.3) is 0 Å². The molecule has 2 heteroatoms. The summed E-state index contributed by atoms with van der Waals surface area (Å²) in [5.41, 5.74) is 0. The summed E-state index contributed by atoms with van der Waals surface area (Å²) in [6.07, 6.45) is 19.3. The molecule has 2 nitrogen and oxygen atoms in total. The van der Waals surface area contributed by atoms with Gasteiger partial charge in [-0.1, -0.05) is 59.3 Å². The van der Waals surface area contributed by atoms with Gasteiger partial charge in [0.25, 0.3) is 5.82 Å². The van der Waals surface area contributed by atoms with Crippen LogP contribution in [0.2, 0.25) is 0 Å². The van der Waals surface area contributed by atoms with Crippen LogP contribution in [0.1, 0.15) is 90.8 Å². The van der Waals surface area contributed by atoms with Crippen LogP contribution >= 0.6 is 0 Å². The monoisotopic (exact) mass is 293 g/mol. The van der Waals surface area contributed by atoms with E-state index in [1.165, 1.54) is 83.7 Å². The first-order valence-corrected chi connectivity index (χ1v) is 9.40. The minimum absolute atomic E-state index is 1.20. The van der Waals surface area contributed by atoms with Crippen LogP contribution in [0.4, 0.5) is 0 Å². The fourth-order valence-electron chi connectivity index (χ4n) is 2.94. The Morgan fingerprint density at radius 1 is 0.810 bits per heavy atom. The van der Waals surface area contributed by atoms with Gasteiger partial charge in [-0.25, -0.2) is 9.13 Å². The predicted octanol–water partition coefficient (Wildman–Crippen LogP) is 5.28. The van der Waals surface area contributed by atoms with Crippen molar-refractivity contribution in [3.05, 3.63) is 18.2 Å². The van der Waals surface area contributed by atoms with Gasteiger partial charge in [0.05, 0.1) is 13.1 Å². The number of aryl methyl sites for hydroxylation is 2. The van der Waals surface area contributed by atoms with Gasteiger partial charge in [0.15, 0.2) is 0 Å². The average molecular weight is 294 g/mol. The van der Waals surface area contributed by atoms with E-state index in [-0.39, 0.29) is 0 Å². The molecule has 0 atom stereocenters. The van der Waals surface area contributed by atoms with E-state index in [0.29, 0.717) is 0 Å². The van der Waals surface area contributed by atoms with Crippen molar-refractivity contribution < 1.29 is 4.57 Å². The minimum Gasteiger partial charge on any atom is -0.234 e. The Labute approximate surface area is 132 Å². The van der Waals surface area contributed by atoms with E-state index in [2.05, 4.69) is 42.3 Å². The van der Waals surface area contributed by atoms with Crippen molar-refractivity contribution in [3.8, 4) is 0 Å². The molecule has 0 aliphatic carbocycles. The molecule has 0 aliphatic rings. The molecule has 0 unspecified atom stereocenters. The molecule has 0 amide bonds. The van der Waals surface area contributed by atoms with Gasteiger partial charge in [-0.2, -0.15) is 0 Å². The zero-order valence-corrected chi connectivity index (χ0v) is 14.7. The highest BCUT2D eigenvalue weighted by atomic mass is 15.1. The summed E-state index contributed by atoms with van der Waals surface area (Å²) in [6.45, 7) is 9.26. The Bertz CT molecular complexity index is 354. The fourth-order valence-corrected chi connectivity index (χ4v) is 2.94. The van der Waals surface area contributed by atoms with E-state index in [9.17, 15) is 0 Å². The molecular formula is C19H37N2+. The van der Waals surface area contributed by atoms with Crippen LogP contribution in [0, 0.1) is 0 Å². The number of nitrogens with zero attached hydrogens (tertiary/aromatic N) is 2. The molecule has 1 rings (SSSR count). The Balaban J connectivity index is 2.52. The lowest BCUT2D eigenvalue weighted by atomic mass is 10.1. The number of aromatic nitrogens is 2. The van der Waals surface area contributed by atoms with Gasteiger partial charge in [-0.3, -0.25) is 0 Å². The third kappa shape index (κ3) is 7.15. The first-order valence-electron chi connectivity index (χ1n) is 9.40. The van der Waals surface area contributed by atoms with E-state index in [4.69, 9.17) is 0 Å². The summed E-state index contributed by atoms with van der Waals surface area (Å²) in [4.78, 5) is 0. The third-order valence-electron chi connectivity index (χ3n) is 4.35. The summed E-state index contributed by atoms with van der Waals surface area (Å²) in [6, 6.07) is 0. The summed E-state index contributed by atoms with van der Waals surface area (Å²) < 4.78 is 5.03. The quantitative estimate of drug-likeness (QED) is 0.346. The second-order valence-corrected chi connectivity index (χ2v) is 6.33. The molecule has 0 fully saturated rings. The smallest absolute Gasteiger partial charge is 0.234 e. The van der Waals surface area contributed by atoms with Crippen LogP contribution in [0.3, 0.4) is 0 Å². The summed E-state index contributed by atoms with van der Waals surface area (Å²) >= 11 is 0. The zero-order chi connectivity index (χ0) is 15.3. The SMILES string of the molecule is CCCCCCC[n+]1ccn(CCCC)c1CCCCC. The van der Waals surface area contributed by atoms with Gasteiger partial charge in [0, 0.05) is 6.42 Å². The lowest BCUT2D eigenvalue weighted by molar-refractivity contribution is -0.704. The highest BCUT2D eigenvalue weighted by Crippen LogP contribution is 2.08. The first-order chi connectivity index (χ1) is 10.3. The number of unbranched alkanes of at least 4 members (excludes halogenated alkanes) is 7. The van der Waals surface area contributed by atoms with E-state index in [1.807, 2.05) is 0 Å². The van der Waals surface area contributed by atoms with Crippen LogP contribution in [0.5, 0.6) is 0 Å². The summed E-state index contributed by atoms with van der Waals surface area (Å²) in [7, 11) is 0. The molecule has 0 aliphatic heterocycles. The van der Waals surface area contributed by atoms with E-state index < -0.39 is 0 Å². The Morgan fingerprint density at radius 2 is 1.48 bits per heavy atom. The topological polar surface area (TPSA) is 8.81 Å². The maximum atomic E-state index is 2.53. The molecule has 0 N–H and O–H groups in total. The number of imidazole rings is 1. The summed E-state index contributed by atoms with van der Waals surface area (Å²) in [5.74, 6) is 1.56. The largest absolute Gasteiger partial charge is 0.256 e. The molecule has 0 saturated carbocycles. The van der Waals surface area contributed by atoms with Crippen molar-refractivity contribution in [2.24, 2.45) is 0 Å². The van der Waals surface area contributed by atoms with Gasteiger partial charge < -0.3 is 0 Å². The second kappa shape index (κ2) is 11.8. The van der Waals surface area contributed by atoms with Gasteiger partial charge in [0.2, 0.25) is 0 Å². The molecule has 122 valence electrons. The Morgan fingerprint density at radius 3 is 2.19 bits per heavy atom. The average Bonchev–Trinajstić information content (AvgIpc) is 2.87. The standard InChI is InChI=1S/C19H37N2/c1-4-7-10-11-13-16-21-18-17-20(15-9-6-3)19(21)14-12-8-5-2/h17-18H,4-16H2,1-3H3/q+1.